The maximum absolute atomic E-state index is 13.8. The Balaban J connectivity index is 1.85. The third-order valence-corrected chi connectivity index (χ3v) is 8.84. The number of aromatic nitrogens is 1. The number of ether oxygens (including phenoxy) is 3. The largest absolute Gasteiger partial charge is 0.460 e. The van der Waals surface area contributed by atoms with Crippen molar-refractivity contribution >= 4 is 28.9 Å². The van der Waals surface area contributed by atoms with E-state index in [0.29, 0.717) is 18.8 Å². The lowest BCUT2D eigenvalue weighted by atomic mass is 9.81. The maximum atomic E-state index is 13.8. The second kappa shape index (κ2) is 16.0. The Morgan fingerprint density at radius 2 is 1.76 bits per heavy atom. The molecule has 1 fully saturated rings. The number of hydrogen-bond acceptors (Lipinski definition) is 6. The third-order valence-electron chi connectivity index (χ3n) is 8.84. The van der Waals surface area contributed by atoms with E-state index in [1.807, 2.05) is 27.7 Å². The number of hydrogen-bond donors (Lipinski definition) is 2. The van der Waals surface area contributed by atoms with Crippen LogP contribution >= 0.6 is 0 Å². The fourth-order valence-corrected chi connectivity index (χ4v) is 6.12. The molecule has 1 aromatic heterocycles. The summed E-state index contributed by atoms with van der Waals surface area (Å²) in [4.78, 5) is 39.3. The van der Waals surface area contributed by atoms with Crippen LogP contribution in [0.1, 0.15) is 87.1 Å². The van der Waals surface area contributed by atoms with Gasteiger partial charge in [0.25, 0.3) is 0 Å². The number of methoxy groups -OCH3 is 1. The summed E-state index contributed by atoms with van der Waals surface area (Å²) in [6, 6.07) is 7.58. The Bertz CT molecular complexity index is 1280. The normalized spacial score (nSPS) is 19.2. The highest BCUT2D eigenvalue weighted by molar-refractivity contribution is 5.86. The number of cyclic esters (lactones) is 1. The van der Waals surface area contributed by atoms with Crippen molar-refractivity contribution < 1.29 is 28.6 Å². The molecule has 3 rings (SSSR count). The molecule has 0 spiro atoms. The lowest BCUT2D eigenvalue weighted by Gasteiger charge is -2.32. The maximum Gasteiger partial charge on any atom is 0.408 e. The minimum absolute atomic E-state index is 0.142. The zero-order valence-corrected chi connectivity index (χ0v) is 29.1. The van der Waals surface area contributed by atoms with Crippen molar-refractivity contribution in [3.63, 3.8) is 0 Å². The average Bonchev–Trinajstić information content (AvgIpc) is 3.52. The molecule has 45 heavy (non-hydrogen) atoms. The molecule has 5 atom stereocenters. The molecule has 1 saturated heterocycles. The Kier molecular flexibility index (Phi) is 12.9. The fraction of sp³-hybridized carbons (Fsp3) is 0.694. The number of alkyl carbamates (subject to hydrolysis) is 1. The number of esters is 1. The molecular formula is C36H57N3O6. The number of nitrogens with one attached hydrogen (secondary N) is 2. The van der Waals surface area contributed by atoms with Gasteiger partial charge in [-0.05, 0) is 93.2 Å². The number of rotatable bonds is 15. The zero-order valence-electron chi connectivity index (χ0n) is 29.1. The first-order chi connectivity index (χ1) is 21.1. The van der Waals surface area contributed by atoms with Crippen LogP contribution in [0.15, 0.2) is 30.5 Å². The van der Waals surface area contributed by atoms with Gasteiger partial charge in [-0.1, -0.05) is 53.7 Å². The van der Waals surface area contributed by atoms with E-state index in [0.717, 1.165) is 26.0 Å². The molecule has 9 heteroatoms. The van der Waals surface area contributed by atoms with E-state index in [2.05, 4.69) is 59.5 Å². The summed E-state index contributed by atoms with van der Waals surface area (Å²) in [5, 5.41) is 7.19. The summed E-state index contributed by atoms with van der Waals surface area (Å²) in [6.07, 6.45) is 4.01. The van der Waals surface area contributed by atoms with Crippen LogP contribution in [0.2, 0.25) is 0 Å². The molecule has 252 valence electrons. The quantitative estimate of drug-likeness (QED) is 0.172. The molecule has 1 aromatic carbocycles. The molecule has 2 heterocycles. The number of nitrogens with zero attached hydrogens (tertiary/aromatic N) is 1. The predicted molar refractivity (Wildman–Crippen MR) is 178 cm³/mol. The molecule has 0 saturated carbocycles. The van der Waals surface area contributed by atoms with Crippen LogP contribution in [-0.4, -0.2) is 60.0 Å². The SMILES string of the molecule is COCCCn1ccc2ccc(C[C@@H](C[C@H](NC(=O)[C@@H](NC(=O)OC(C)(C)C)C(C)C)[C@@H]3CC(C(C)C)C(=O)O3)C(C)C)cc21. The number of benzene rings is 1. The lowest BCUT2D eigenvalue weighted by Crippen LogP contribution is -2.55. The van der Waals surface area contributed by atoms with E-state index in [9.17, 15) is 14.4 Å². The van der Waals surface area contributed by atoms with Gasteiger partial charge < -0.3 is 29.4 Å². The van der Waals surface area contributed by atoms with Crippen LogP contribution in [0.4, 0.5) is 4.79 Å². The molecule has 9 nitrogen and oxygen atoms in total. The van der Waals surface area contributed by atoms with Crippen molar-refractivity contribution in [1.29, 1.82) is 0 Å². The van der Waals surface area contributed by atoms with Gasteiger partial charge in [-0.3, -0.25) is 9.59 Å². The highest BCUT2D eigenvalue weighted by Gasteiger charge is 2.42. The van der Waals surface area contributed by atoms with Gasteiger partial charge in [0.05, 0.1) is 12.0 Å². The Morgan fingerprint density at radius 1 is 1.04 bits per heavy atom. The molecule has 2 aromatic rings. The van der Waals surface area contributed by atoms with E-state index in [4.69, 9.17) is 14.2 Å². The molecule has 0 bridgehead atoms. The zero-order chi connectivity index (χ0) is 33.5. The average molecular weight is 628 g/mol. The van der Waals surface area contributed by atoms with Crippen LogP contribution in [0.5, 0.6) is 0 Å². The van der Waals surface area contributed by atoms with Crippen molar-refractivity contribution in [3.05, 3.63) is 36.0 Å². The monoisotopic (exact) mass is 627 g/mol. The first-order valence-electron chi connectivity index (χ1n) is 16.7. The Hall–Kier alpha value is -3.07. The Labute approximate surface area is 270 Å². The molecule has 1 aliphatic rings. The summed E-state index contributed by atoms with van der Waals surface area (Å²) < 4.78 is 18.9. The molecule has 2 amide bonds. The molecule has 2 N–H and O–H groups in total. The second-order valence-electron chi connectivity index (χ2n) is 14.7. The van der Waals surface area contributed by atoms with Crippen LogP contribution < -0.4 is 10.6 Å². The summed E-state index contributed by atoms with van der Waals surface area (Å²) in [7, 11) is 1.73. The molecule has 1 aliphatic heterocycles. The molecule has 0 radical (unpaired) electrons. The number of carbonyl (C=O) groups excluding carboxylic acids is 3. The van der Waals surface area contributed by atoms with Crippen molar-refractivity contribution in [2.75, 3.05) is 13.7 Å². The van der Waals surface area contributed by atoms with Gasteiger partial charge in [-0.2, -0.15) is 0 Å². The van der Waals surface area contributed by atoms with Crippen molar-refractivity contribution in [2.45, 2.75) is 118 Å². The highest BCUT2D eigenvalue weighted by atomic mass is 16.6. The predicted octanol–water partition coefficient (Wildman–Crippen LogP) is 6.50. The van der Waals surface area contributed by atoms with Gasteiger partial charge in [0.15, 0.2) is 0 Å². The standard InChI is InChI=1S/C36H57N3O6/c1-22(2)27(18-25-12-13-26-14-16-39(30(26)19-25)15-11-17-43-10)20-29(31-21-28(23(3)4)34(41)44-31)37-33(40)32(24(5)6)38-35(42)45-36(7,8)9/h12-14,16,19,22-24,27-29,31-32H,11,15,17-18,20-21H2,1-10H3,(H,37,40)(H,38,42)/t27-,28?,29-,31-,32-/m0/s1. The fourth-order valence-electron chi connectivity index (χ4n) is 6.12. The second-order valence-corrected chi connectivity index (χ2v) is 14.7. The number of aryl methyl sites for hydroxylation is 1. The van der Waals surface area contributed by atoms with E-state index >= 15 is 0 Å². The molecular weight excluding hydrogens is 570 g/mol. The summed E-state index contributed by atoms with van der Waals surface area (Å²) in [5.74, 6) is -0.236. The van der Waals surface area contributed by atoms with Gasteiger partial charge in [-0.15, -0.1) is 0 Å². The van der Waals surface area contributed by atoms with Gasteiger partial charge in [0, 0.05) is 32.0 Å². The highest BCUT2D eigenvalue weighted by Crippen LogP contribution is 2.33. The Morgan fingerprint density at radius 3 is 2.33 bits per heavy atom. The molecule has 1 unspecified atom stereocenters. The minimum Gasteiger partial charge on any atom is -0.460 e. The first kappa shape index (κ1) is 36.4. The van der Waals surface area contributed by atoms with Crippen LogP contribution in [0, 0.1) is 29.6 Å². The van der Waals surface area contributed by atoms with E-state index < -0.39 is 29.9 Å². The summed E-state index contributed by atoms with van der Waals surface area (Å²) in [6.45, 7) is 19.2. The molecule has 0 aliphatic carbocycles. The van der Waals surface area contributed by atoms with Crippen LogP contribution in [0.25, 0.3) is 10.9 Å². The number of amides is 2. The van der Waals surface area contributed by atoms with E-state index in [-0.39, 0.29) is 35.5 Å². The van der Waals surface area contributed by atoms with E-state index in [1.165, 1.54) is 16.5 Å². The van der Waals surface area contributed by atoms with Gasteiger partial charge in [-0.25, -0.2) is 4.79 Å². The van der Waals surface area contributed by atoms with Gasteiger partial charge in [0.2, 0.25) is 5.91 Å². The van der Waals surface area contributed by atoms with E-state index in [1.54, 1.807) is 27.9 Å². The van der Waals surface area contributed by atoms with Crippen molar-refractivity contribution in [1.82, 2.24) is 15.2 Å². The van der Waals surface area contributed by atoms with Gasteiger partial charge in [0.1, 0.15) is 17.7 Å². The lowest BCUT2D eigenvalue weighted by molar-refractivity contribution is -0.147. The summed E-state index contributed by atoms with van der Waals surface area (Å²) in [5.41, 5.74) is 1.75. The van der Waals surface area contributed by atoms with Crippen LogP contribution in [0.3, 0.4) is 0 Å². The van der Waals surface area contributed by atoms with Gasteiger partial charge >= 0.3 is 12.1 Å². The first-order valence-corrected chi connectivity index (χ1v) is 16.7. The van der Waals surface area contributed by atoms with Crippen LogP contribution in [-0.2, 0) is 36.8 Å². The topological polar surface area (TPSA) is 108 Å². The third kappa shape index (κ3) is 10.5. The summed E-state index contributed by atoms with van der Waals surface area (Å²) >= 11 is 0. The minimum atomic E-state index is -0.800. The smallest absolute Gasteiger partial charge is 0.408 e. The van der Waals surface area contributed by atoms with Crippen molar-refractivity contribution in [2.24, 2.45) is 29.6 Å². The number of fused-ring (bicyclic) bond motifs is 1. The van der Waals surface area contributed by atoms with Crippen molar-refractivity contribution in [3.8, 4) is 0 Å². The number of carbonyl (C=O) groups is 3.